The summed E-state index contributed by atoms with van der Waals surface area (Å²) < 4.78 is 5.52. The van der Waals surface area contributed by atoms with Crippen LogP contribution in [0.1, 0.15) is 24.5 Å². The fourth-order valence-corrected chi connectivity index (χ4v) is 2.18. The third-order valence-corrected chi connectivity index (χ3v) is 3.65. The monoisotopic (exact) mass is 312 g/mol. The maximum Gasteiger partial charge on any atom is 0.243 e. The van der Waals surface area contributed by atoms with E-state index in [1.165, 1.54) is 5.56 Å². The van der Waals surface area contributed by atoms with Gasteiger partial charge in [0.05, 0.1) is 13.2 Å². The van der Waals surface area contributed by atoms with E-state index in [1.807, 2.05) is 43.3 Å². The van der Waals surface area contributed by atoms with Crippen LogP contribution in [-0.4, -0.2) is 19.1 Å². The molecule has 1 amide bonds. The third-order valence-electron chi connectivity index (χ3n) is 3.65. The van der Waals surface area contributed by atoms with Gasteiger partial charge in [-0.05, 0) is 61.7 Å². The van der Waals surface area contributed by atoms with E-state index in [2.05, 4.69) is 30.5 Å². The first-order chi connectivity index (χ1) is 11.1. The molecule has 2 aromatic carbocycles. The molecule has 0 bridgehead atoms. The van der Waals surface area contributed by atoms with E-state index in [0.29, 0.717) is 6.61 Å². The Morgan fingerprint density at radius 3 is 2.52 bits per heavy atom. The Bertz CT molecular complexity index is 651. The van der Waals surface area contributed by atoms with E-state index in [0.717, 1.165) is 29.1 Å². The lowest BCUT2D eigenvalue weighted by Crippen LogP contribution is -2.22. The molecule has 2 aromatic rings. The second-order valence-corrected chi connectivity index (χ2v) is 5.52. The summed E-state index contributed by atoms with van der Waals surface area (Å²) in [5.41, 5.74) is 4.13. The molecule has 0 heterocycles. The van der Waals surface area contributed by atoms with Crippen LogP contribution >= 0.6 is 0 Å². The SMILES string of the molecule is CCCOc1ccc(NC(=O)CNc2cccc(C)c2C)cc1. The minimum atomic E-state index is -0.0758. The number of ether oxygens (including phenoxy) is 1. The zero-order valence-electron chi connectivity index (χ0n) is 14.0. The molecule has 0 fully saturated rings. The molecule has 0 aliphatic rings. The number of nitrogens with one attached hydrogen (secondary N) is 2. The lowest BCUT2D eigenvalue weighted by molar-refractivity contribution is -0.114. The molecular formula is C19H24N2O2. The Labute approximate surface area is 137 Å². The topological polar surface area (TPSA) is 50.4 Å². The molecule has 0 saturated carbocycles. The van der Waals surface area contributed by atoms with Gasteiger partial charge in [0.25, 0.3) is 0 Å². The van der Waals surface area contributed by atoms with Crippen LogP contribution in [0.15, 0.2) is 42.5 Å². The van der Waals surface area contributed by atoms with Crippen LogP contribution in [0.3, 0.4) is 0 Å². The zero-order chi connectivity index (χ0) is 16.7. The van der Waals surface area contributed by atoms with Gasteiger partial charge in [-0.15, -0.1) is 0 Å². The predicted octanol–water partition coefficient (Wildman–Crippen LogP) is 4.14. The fourth-order valence-electron chi connectivity index (χ4n) is 2.18. The van der Waals surface area contributed by atoms with E-state index in [1.54, 1.807) is 0 Å². The van der Waals surface area contributed by atoms with Gasteiger partial charge in [0.15, 0.2) is 0 Å². The highest BCUT2D eigenvalue weighted by atomic mass is 16.5. The Morgan fingerprint density at radius 2 is 1.83 bits per heavy atom. The van der Waals surface area contributed by atoms with Gasteiger partial charge in [-0.1, -0.05) is 19.1 Å². The summed E-state index contributed by atoms with van der Waals surface area (Å²) in [5, 5.41) is 6.05. The Hall–Kier alpha value is -2.49. The van der Waals surface area contributed by atoms with Gasteiger partial charge < -0.3 is 15.4 Å². The zero-order valence-corrected chi connectivity index (χ0v) is 14.0. The molecule has 4 nitrogen and oxygen atoms in total. The summed E-state index contributed by atoms with van der Waals surface area (Å²) in [6, 6.07) is 13.4. The molecule has 23 heavy (non-hydrogen) atoms. The predicted molar refractivity (Wildman–Crippen MR) is 95.3 cm³/mol. The summed E-state index contributed by atoms with van der Waals surface area (Å²) in [6.07, 6.45) is 0.975. The Morgan fingerprint density at radius 1 is 1.09 bits per heavy atom. The lowest BCUT2D eigenvalue weighted by Gasteiger charge is -2.12. The highest BCUT2D eigenvalue weighted by Gasteiger charge is 2.05. The minimum absolute atomic E-state index is 0.0758. The second kappa shape index (κ2) is 8.22. The van der Waals surface area contributed by atoms with E-state index < -0.39 is 0 Å². The molecule has 2 N–H and O–H groups in total. The number of carbonyl (C=O) groups excluding carboxylic acids is 1. The molecule has 0 radical (unpaired) electrons. The molecular weight excluding hydrogens is 288 g/mol. The molecule has 0 spiro atoms. The van der Waals surface area contributed by atoms with Gasteiger partial charge in [-0.25, -0.2) is 0 Å². The molecule has 0 aliphatic carbocycles. The van der Waals surface area contributed by atoms with Gasteiger partial charge in [-0.2, -0.15) is 0 Å². The first-order valence-electron chi connectivity index (χ1n) is 7.93. The van der Waals surface area contributed by atoms with Gasteiger partial charge in [0.2, 0.25) is 5.91 Å². The van der Waals surface area contributed by atoms with Crippen molar-refractivity contribution in [2.24, 2.45) is 0 Å². The first-order valence-corrected chi connectivity index (χ1v) is 7.93. The highest BCUT2D eigenvalue weighted by Crippen LogP contribution is 2.18. The quantitative estimate of drug-likeness (QED) is 0.808. The lowest BCUT2D eigenvalue weighted by atomic mass is 10.1. The third kappa shape index (κ3) is 5.02. The van der Waals surface area contributed by atoms with E-state index in [-0.39, 0.29) is 12.5 Å². The van der Waals surface area contributed by atoms with Crippen molar-refractivity contribution in [2.45, 2.75) is 27.2 Å². The van der Waals surface area contributed by atoms with Gasteiger partial charge in [0, 0.05) is 11.4 Å². The highest BCUT2D eigenvalue weighted by molar-refractivity contribution is 5.93. The van der Waals surface area contributed by atoms with Crippen molar-refractivity contribution < 1.29 is 9.53 Å². The van der Waals surface area contributed by atoms with Gasteiger partial charge in [0.1, 0.15) is 5.75 Å². The number of hydrogen-bond acceptors (Lipinski definition) is 3. The molecule has 0 aliphatic heterocycles. The largest absolute Gasteiger partial charge is 0.494 e. The van der Waals surface area contributed by atoms with Crippen LogP contribution < -0.4 is 15.4 Å². The van der Waals surface area contributed by atoms with Crippen LogP contribution in [0.2, 0.25) is 0 Å². The summed E-state index contributed by atoms with van der Waals surface area (Å²) in [4.78, 5) is 12.0. The van der Waals surface area contributed by atoms with Gasteiger partial charge in [-0.3, -0.25) is 4.79 Å². The molecule has 4 heteroatoms. The van der Waals surface area contributed by atoms with Crippen molar-refractivity contribution in [2.75, 3.05) is 23.8 Å². The Kier molecular flexibility index (Phi) is 6.03. The summed E-state index contributed by atoms with van der Waals surface area (Å²) in [5.74, 6) is 0.742. The van der Waals surface area contributed by atoms with Crippen molar-refractivity contribution in [3.63, 3.8) is 0 Å². The minimum Gasteiger partial charge on any atom is -0.494 e. The molecule has 0 saturated heterocycles. The number of hydrogen-bond donors (Lipinski definition) is 2. The number of carbonyl (C=O) groups is 1. The molecule has 0 aromatic heterocycles. The smallest absolute Gasteiger partial charge is 0.243 e. The van der Waals surface area contributed by atoms with Crippen LogP contribution in [0.5, 0.6) is 5.75 Å². The summed E-state index contributed by atoms with van der Waals surface area (Å²) >= 11 is 0. The van der Waals surface area contributed by atoms with Crippen molar-refractivity contribution in [3.05, 3.63) is 53.6 Å². The standard InChI is InChI=1S/C19H24N2O2/c1-4-12-23-17-10-8-16(9-11-17)21-19(22)13-20-18-7-5-6-14(2)15(18)3/h5-11,20H,4,12-13H2,1-3H3,(H,21,22). The van der Waals surface area contributed by atoms with Crippen LogP contribution in [-0.2, 0) is 4.79 Å². The number of anilines is 2. The van der Waals surface area contributed by atoms with Crippen molar-refractivity contribution in [3.8, 4) is 5.75 Å². The average Bonchev–Trinajstić information content (AvgIpc) is 2.55. The van der Waals surface area contributed by atoms with E-state index in [4.69, 9.17) is 4.74 Å². The average molecular weight is 312 g/mol. The first kappa shape index (κ1) is 16.9. The van der Waals surface area contributed by atoms with Crippen LogP contribution in [0.4, 0.5) is 11.4 Å². The number of aryl methyl sites for hydroxylation is 1. The fraction of sp³-hybridized carbons (Fsp3) is 0.316. The summed E-state index contributed by atoms with van der Waals surface area (Å²) in [7, 11) is 0. The maximum absolute atomic E-state index is 12.0. The Balaban J connectivity index is 1.86. The number of rotatable bonds is 7. The van der Waals surface area contributed by atoms with E-state index >= 15 is 0 Å². The van der Waals surface area contributed by atoms with Gasteiger partial charge >= 0.3 is 0 Å². The maximum atomic E-state index is 12.0. The van der Waals surface area contributed by atoms with Crippen LogP contribution in [0.25, 0.3) is 0 Å². The number of benzene rings is 2. The number of amides is 1. The second-order valence-electron chi connectivity index (χ2n) is 5.52. The van der Waals surface area contributed by atoms with Crippen molar-refractivity contribution >= 4 is 17.3 Å². The normalized spacial score (nSPS) is 10.2. The molecule has 2 rings (SSSR count). The summed E-state index contributed by atoms with van der Waals surface area (Å²) in [6.45, 7) is 7.11. The molecule has 0 unspecified atom stereocenters. The molecule has 122 valence electrons. The molecule has 0 atom stereocenters. The van der Waals surface area contributed by atoms with Crippen LogP contribution in [0, 0.1) is 13.8 Å². The van der Waals surface area contributed by atoms with Crippen molar-refractivity contribution in [1.82, 2.24) is 0 Å². The van der Waals surface area contributed by atoms with Crippen molar-refractivity contribution in [1.29, 1.82) is 0 Å². The van der Waals surface area contributed by atoms with E-state index in [9.17, 15) is 4.79 Å².